The Morgan fingerprint density at radius 3 is 2.28 bits per heavy atom. The van der Waals surface area contributed by atoms with Crippen molar-refractivity contribution in [2.24, 2.45) is 0 Å². The summed E-state index contributed by atoms with van der Waals surface area (Å²) in [5, 5.41) is 5.31. The van der Waals surface area contributed by atoms with Crippen molar-refractivity contribution in [1.82, 2.24) is 5.32 Å². The lowest BCUT2D eigenvalue weighted by Gasteiger charge is -2.16. The summed E-state index contributed by atoms with van der Waals surface area (Å²) in [6.07, 6.45) is 1.83. The van der Waals surface area contributed by atoms with E-state index in [2.05, 4.69) is 10.6 Å². The molecular formula is C20H21FN2O2. The van der Waals surface area contributed by atoms with Gasteiger partial charge < -0.3 is 10.6 Å². The molecule has 0 aromatic heterocycles. The summed E-state index contributed by atoms with van der Waals surface area (Å²) in [5.74, 6) is -1.62. The van der Waals surface area contributed by atoms with Crippen LogP contribution in [0.2, 0.25) is 0 Å². The van der Waals surface area contributed by atoms with Gasteiger partial charge in [0, 0.05) is 17.6 Å². The Bertz CT molecular complexity index is 811. The molecule has 0 heterocycles. The second-order valence-corrected chi connectivity index (χ2v) is 6.72. The number of nitrogens with one attached hydrogen (secondary N) is 2. The average Bonchev–Trinajstić information content (AvgIpc) is 3.38. The van der Waals surface area contributed by atoms with Crippen LogP contribution in [0, 0.1) is 19.7 Å². The normalized spacial score (nSPS) is 14.7. The molecule has 1 fully saturated rings. The molecule has 5 heteroatoms. The maximum atomic E-state index is 13.1. The van der Waals surface area contributed by atoms with Gasteiger partial charge in [-0.1, -0.05) is 18.2 Å². The van der Waals surface area contributed by atoms with Crippen molar-refractivity contribution >= 4 is 17.5 Å². The Labute approximate surface area is 146 Å². The van der Waals surface area contributed by atoms with E-state index in [1.54, 1.807) is 18.2 Å². The molecule has 1 aliphatic carbocycles. The van der Waals surface area contributed by atoms with E-state index in [9.17, 15) is 14.0 Å². The summed E-state index contributed by atoms with van der Waals surface area (Å²) in [6.45, 7) is 4.31. The quantitative estimate of drug-likeness (QED) is 0.840. The first-order valence-electron chi connectivity index (χ1n) is 8.32. The van der Waals surface area contributed by atoms with Crippen molar-refractivity contribution in [3.8, 4) is 0 Å². The van der Waals surface area contributed by atoms with Gasteiger partial charge in [0.2, 0.25) is 0 Å². The third kappa shape index (κ3) is 3.87. The predicted molar refractivity (Wildman–Crippen MR) is 94.9 cm³/mol. The number of aryl methyl sites for hydroxylation is 2. The number of halogens is 1. The molecule has 0 spiro atoms. The van der Waals surface area contributed by atoms with Crippen LogP contribution in [0.4, 0.5) is 10.1 Å². The van der Waals surface area contributed by atoms with Crippen molar-refractivity contribution in [3.05, 3.63) is 65.0 Å². The van der Waals surface area contributed by atoms with Crippen molar-refractivity contribution in [1.29, 1.82) is 0 Å². The molecule has 0 unspecified atom stereocenters. The lowest BCUT2D eigenvalue weighted by atomic mass is 9.96. The number of anilines is 1. The zero-order valence-corrected chi connectivity index (χ0v) is 14.4. The highest BCUT2D eigenvalue weighted by Gasteiger charge is 2.44. The van der Waals surface area contributed by atoms with Gasteiger partial charge in [0.05, 0.1) is 0 Å². The highest BCUT2D eigenvalue weighted by molar-refractivity contribution is 6.39. The van der Waals surface area contributed by atoms with Gasteiger partial charge in [0.1, 0.15) is 5.82 Å². The van der Waals surface area contributed by atoms with E-state index in [4.69, 9.17) is 0 Å². The summed E-state index contributed by atoms with van der Waals surface area (Å²) in [6, 6.07) is 11.8. The van der Waals surface area contributed by atoms with Crippen LogP contribution in [0.1, 0.15) is 29.5 Å². The highest BCUT2D eigenvalue weighted by Crippen LogP contribution is 2.47. The van der Waals surface area contributed by atoms with Gasteiger partial charge in [-0.2, -0.15) is 0 Å². The van der Waals surface area contributed by atoms with Crippen LogP contribution in [-0.2, 0) is 15.0 Å². The highest BCUT2D eigenvalue weighted by atomic mass is 19.1. The fourth-order valence-electron chi connectivity index (χ4n) is 2.86. The third-order valence-corrected chi connectivity index (χ3v) is 4.87. The number of carbonyl (C=O) groups is 2. The molecule has 25 heavy (non-hydrogen) atoms. The van der Waals surface area contributed by atoms with Crippen LogP contribution >= 0.6 is 0 Å². The number of hydrogen-bond donors (Lipinski definition) is 2. The molecular weight excluding hydrogens is 319 g/mol. The largest absolute Gasteiger partial charge is 0.347 e. The van der Waals surface area contributed by atoms with E-state index in [1.165, 1.54) is 12.1 Å². The van der Waals surface area contributed by atoms with Crippen LogP contribution in [0.3, 0.4) is 0 Å². The number of amides is 2. The fraction of sp³-hybridized carbons (Fsp3) is 0.300. The molecule has 2 amide bonds. The average molecular weight is 340 g/mol. The Morgan fingerprint density at radius 2 is 1.68 bits per heavy atom. The Kier molecular flexibility index (Phi) is 4.57. The molecule has 0 saturated heterocycles. The zero-order valence-electron chi connectivity index (χ0n) is 14.4. The summed E-state index contributed by atoms with van der Waals surface area (Å²) < 4.78 is 13.1. The molecule has 1 aliphatic rings. The van der Waals surface area contributed by atoms with Crippen molar-refractivity contribution in [3.63, 3.8) is 0 Å². The van der Waals surface area contributed by atoms with Gasteiger partial charge in [0.25, 0.3) is 0 Å². The number of rotatable bonds is 4. The standard InChI is InChI=1S/C20H21FN2O2/c1-13-3-8-17(11-14(13)2)23-19(25)18(24)22-12-20(9-10-20)15-4-6-16(21)7-5-15/h3-8,11H,9-10,12H2,1-2H3,(H,22,24)(H,23,25). The van der Waals surface area contributed by atoms with Crippen LogP contribution in [-0.4, -0.2) is 18.4 Å². The van der Waals surface area contributed by atoms with Gasteiger partial charge >= 0.3 is 11.8 Å². The van der Waals surface area contributed by atoms with Crippen LogP contribution in [0.5, 0.6) is 0 Å². The maximum absolute atomic E-state index is 13.1. The topological polar surface area (TPSA) is 58.2 Å². The van der Waals surface area contributed by atoms with Crippen LogP contribution in [0.25, 0.3) is 0 Å². The van der Waals surface area contributed by atoms with Gasteiger partial charge in [-0.15, -0.1) is 0 Å². The Hall–Kier alpha value is -2.69. The summed E-state index contributed by atoms with van der Waals surface area (Å²) in [4.78, 5) is 24.1. The molecule has 0 radical (unpaired) electrons. The number of benzene rings is 2. The van der Waals surface area contributed by atoms with Gasteiger partial charge in [-0.3, -0.25) is 9.59 Å². The first-order valence-corrected chi connectivity index (χ1v) is 8.32. The minimum atomic E-state index is -0.682. The van der Waals surface area contributed by atoms with Crippen LogP contribution in [0.15, 0.2) is 42.5 Å². The van der Waals surface area contributed by atoms with Gasteiger partial charge in [-0.25, -0.2) is 4.39 Å². The molecule has 2 aromatic carbocycles. The zero-order chi connectivity index (χ0) is 18.0. The second kappa shape index (κ2) is 6.67. The lowest BCUT2D eigenvalue weighted by molar-refractivity contribution is -0.136. The molecule has 130 valence electrons. The van der Waals surface area contributed by atoms with Gasteiger partial charge in [0.15, 0.2) is 0 Å². The van der Waals surface area contributed by atoms with E-state index >= 15 is 0 Å². The lowest BCUT2D eigenvalue weighted by Crippen LogP contribution is -2.39. The van der Waals surface area contributed by atoms with E-state index < -0.39 is 11.8 Å². The molecule has 4 nitrogen and oxygen atoms in total. The Morgan fingerprint density at radius 1 is 1.00 bits per heavy atom. The smallest absolute Gasteiger partial charge is 0.313 e. The first kappa shape index (κ1) is 17.1. The summed E-state index contributed by atoms with van der Waals surface area (Å²) in [5.41, 5.74) is 3.58. The number of hydrogen-bond acceptors (Lipinski definition) is 2. The molecule has 0 bridgehead atoms. The van der Waals surface area contributed by atoms with E-state index in [0.717, 1.165) is 29.5 Å². The summed E-state index contributed by atoms with van der Waals surface area (Å²) in [7, 11) is 0. The SMILES string of the molecule is Cc1ccc(NC(=O)C(=O)NCC2(c3ccc(F)cc3)CC2)cc1C. The predicted octanol–water partition coefficient (Wildman–Crippen LogP) is 3.23. The second-order valence-electron chi connectivity index (χ2n) is 6.72. The van der Waals surface area contributed by atoms with Crippen molar-refractivity contribution < 1.29 is 14.0 Å². The minimum Gasteiger partial charge on any atom is -0.347 e. The van der Waals surface area contributed by atoms with Crippen LogP contribution < -0.4 is 10.6 Å². The maximum Gasteiger partial charge on any atom is 0.313 e. The van der Waals surface area contributed by atoms with E-state index in [0.29, 0.717) is 12.2 Å². The van der Waals surface area contributed by atoms with E-state index in [-0.39, 0.29) is 11.2 Å². The third-order valence-electron chi connectivity index (χ3n) is 4.87. The summed E-state index contributed by atoms with van der Waals surface area (Å²) >= 11 is 0. The number of carbonyl (C=O) groups excluding carboxylic acids is 2. The Balaban J connectivity index is 1.57. The molecule has 2 aromatic rings. The molecule has 2 N–H and O–H groups in total. The molecule has 1 saturated carbocycles. The van der Waals surface area contributed by atoms with E-state index in [1.807, 2.05) is 26.0 Å². The monoisotopic (exact) mass is 340 g/mol. The molecule has 0 aliphatic heterocycles. The van der Waals surface area contributed by atoms with Crippen molar-refractivity contribution in [2.45, 2.75) is 32.1 Å². The van der Waals surface area contributed by atoms with Crippen molar-refractivity contribution in [2.75, 3.05) is 11.9 Å². The van der Waals surface area contributed by atoms with Gasteiger partial charge in [-0.05, 0) is 67.6 Å². The molecule has 0 atom stereocenters. The minimum absolute atomic E-state index is 0.177. The molecule has 3 rings (SSSR count). The fourth-order valence-corrected chi connectivity index (χ4v) is 2.86. The first-order chi connectivity index (χ1) is 11.9.